The van der Waals surface area contributed by atoms with Crippen LogP contribution in [0.2, 0.25) is 0 Å². The molecule has 1 N–H and O–H groups in total. The number of amides is 1. The first-order chi connectivity index (χ1) is 13.1. The van der Waals surface area contributed by atoms with Crippen molar-refractivity contribution in [3.05, 3.63) is 76.7 Å². The zero-order valence-electron chi connectivity index (χ0n) is 15.0. The zero-order valence-corrected chi connectivity index (χ0v) is 16.6. The molecule has 0 saturated carbocycles. The van der Waals surface area contributed by atoms with Gasteiger partial charge in [0.25, 0.3) is 5.91 Å². The highest BCUT2D eigenvalue weighted by Crippen LogP contribution is 2.30. The summed E-state index contributed by atoms with van der Waals surface area (Å²) in [4.78, 5) is 23.6. The molecule has 1 aromatic carbocycles. The Kier molecular flexibility index (Phi) is 4.96. The Balaban J connectivity index is 1.49. The Bertz CT molecular complexity index is 1090. The van der Waals surface area contributed by atoms with E-state index in [1.807, 2.05) is 22.2 Å². The summed E-state index contributed by atoms with van der Waals surface area (Å²) in [6, 6.07) is 9.85. The number of hydrogen-bond donors (Lipinski definition) is 1. The second-order valence-electron chi connectivity index (χ2n) is 6.21. The average Bonchev–Trinajstić information content (AvgIpc) is 3.25. The summed E-state index contributed by atoms with van der Waals surface area (Å²) in [6.45, 7) is 4.56. The van der Waals surface area contributed by atoms with Crippen molar-refractivity contribution in [2.45, 2.75) is 30.3 Å². The first-order valence-corrected chi connectivity index (χ1v) is 10.2. The number of pyridine rings is 1. The molecule has 0 aliphatic heterocycles. The minimum atomic E-state index is -0.147. The van der Waals surface area contributed by atoms with Crippen LogP contribution in [0.15, 0.2) is 64.2 Å². The van der Waals surface area contributed by atoms with Crippen molar-refractivity contribution in [1.29, 1.82) is 0 Å². The molecule has 4 aromatic rings. The maximum atomic E-state index is 12.7. The van der Waals surface area contributed by atoms with E-state index < -0.39 is 0 Å². The summed E-state index contributed by atoms with van der Waals surface area (Å²) in [5.41, 5.74) is 3.88. The van der Waals surface area contributed by atoms with Crippen molar-refractivity contribution in [1.82, 2.24) is 19.7 Å². The number of fused-ring (bicyclic) bond motifs is 1. The number of aromatic nitrogens is 3. The van der Waals surface area contributed by atoms with E-state index in [0.29, 0.717) is 17.1 Å². The fourth-order valence-corrected chi connectivity index (χ4v) is 4.36. The van der Waals surface area contributed by atoms with Gasteiger partial charge >= 0.3 is 0 Å². The van der Waals surface area contributed by atoms with E-state index in [0.717, 1.165) is 15.6 Å². The van der Waals surface area contributed by atoms with E-state index in [4.69, 9.17) is 0 Å². The first kappa shape index (κ1) is 17.8. The Morgan fingerprint density at radius 1 is 1.26 bits per heavy atom. The maximum absolute atomic E-state index is 12.7. The van der Waals surface area contributed by atoms with Gasteiger partial charge in [-0.15, -0.1) is 11.3 Å². The number of benzene rings is 1. The van der Waals surface area contributed by atoms with Crippen LogP contribution in [0.25, 0.3) is 4.96 Å². The van der Waals surface area contributed by atoms with Crippen molar-refractivity contribution in [3.63, 3.8) is 0 Å². The van der Waals surface area contributed by atoms with Crippen molar-refractivity contribution >= 4 is 34.0 Å². The van der Waals surface area contributed by atoms with Gasteiger partial charge < -0.3 is 5.32 Å². The summed E-state index contributed by atoms with van der Waals surface area (Å²) < 4.78 is 1.96. The lowest BCUT2D eigenvalue weighted by Gasteiger charge is -2.09. The average molecular weight is 395 g/mol. The van der Waals surface area contributed by atoms with E-state index in [9.17, 15) is 4.79 Å². The van der Waals surface area contributed by atoms with Gasteiger partial charge in [-0.2, -0.15) is 0 Å². The van der Waals surface area contributed by atoms with Gasteiger partial charge in [0.15, 0.2) is 4.96 Å². The molecule has 0 bridgehead atoms. The molecule has 0 unspecified atom stereocenters. The number of nitrogens with zero attached hydrogens (tertiary/aromatic N) is 3. The van der Waals surface area contributed by atoms with Crippen LogP contribution in [0.3, 0.4) is 0 Å². The molecule has 0 atom stereocenters. The number of rotatable bonds is 5. The molecular formula is C20H18N4OS2. The van der Waals surface area contributed by atoms with Gasteiger partial charge in [-0.1, -0.05) is 17.8 Å². The van der Waals surface area contributed by atoms with Gasteiger partial charge in [0, 0.05) is 28.9 Å². The molecule has 3 heterocycles. The number of hydrogen-bond acceptors (Lipinski definition) is 5. The molecule has 0 aliphatic carbocycles. The van der Waals surface area contributed by atoms with E-state index in [1.165, 1.54) is 22.9 Å². The fraction of sp³-hybridized carbons (Fsp3) is 0.150. The van der Waals surface area contributed by atoms with Crippen LogP contribution in [0.1, 0.15) is 27.2 Å². The second-order valence-corrected chi connectivity index (χ2v) is 8.15. The summed E-state index contributed by atoms with van der Waals surface area (Å²) in [5, 5.41) is 5.63. The molecule has 136 valence electrons. The van der Waals surface area contributed by atoms with Crippen molar-refractivity contribution in [2.75, 3.05) is 0 Å². The van der Waals surface area contributed by atoms with E-state index >= 15 is 0 Å². The summed E-state index contributed by atoms with van der Waals surface area (Å²) >= 11 is 3.07. The van der Waals surface area contributed by atoms with Gasteiger partial charge in [0.05, 0.1) is 17.8 Å². The zero-order chi connectivity index (χ0) is 18.8. The monoisotopic (exact) mass is 394 g/mol. The number of imidazole rings is 1. The minimum absolute atomic E-state index is 0.147. The first-order valence-electron chi connectivity index (χ1n) is 8.49. The number of nitrogens with one attached hydrogen (secondary N) is 1. The van der Waals surface area contributed by atoms with E-state index in [1.54, 1.807) is 29.7 Å². The molecule has 27 heavy (non-hydrogen) atoms. The number of carbonyl (C=O) groups excluding carboxylic acids is 1. The molecule has 5 nitrogen and oxygen atoms in total. The highest BCUT2D eigenvalue weighted by molar-refractivity contribution is 7.99. The van der Waals surface area contributed by atoms with Gasteiger partial charge in [-0.05, 0) is 49.2 Å². The largest absolute Gasteiger partial charge is 0.346 e. The topological polar surface area (TPSA) is 59.3 Å². The predicted octanol–water partition coefficient (Wildman–Crippen LogP) is 4.49. The second kappa shape index (κ2) is 7.54. The molecule has 7 heteroatoms. The van der Waals surface area contributed by atoms with Crippen molar-refractivity contribution < 1.29 is 4.79 Å². The summed E-state index contributed by atoms with van der Waals surface area (Å²) in [7, 11) is 0. The Hall–Kier alpha value is -2.64. The lowest BCUT2D eigenvalue weighted by molar-refractivity contribution is 0.0947. The normalized spacial score (nSPS) is 11.0. The van der Waals surface area contributed by atoms with Gasteiger partial charge in [-0.3, -0.25) is 9.20 Å². The van der Waals surface area contributed by atoms with Crippen LogP contribution >= 0.6 is 23.1 Å². The Morgan fingerprint density at radius 2 is 2.15 bits per heavy atom. The highest BCUT2D eigenvalue weighted by Gasteiger charge is 2.14. The Morgan fingerprint density at radius 3 is 2.96 bits per heavy atom. The number of carbonyl (C=O) groups is 1. The van der Waals surface area contributed by atoms with Gasteiger partial charge in [0.1, 0.15) is 5.03 Å². The predicted molar refractivity (Wildman–Crippen MR) is 109 cm³/mol. The third kappa shape index (κ3) is 3.89. The number of thiazole rings is 1. The van der Waals surface area contributed by atoms with Crippen molar-refractivity contribution in [2.24, 2.45) is 0 Å². The SMILES string of the molecule is Cc1ccc(Sc2ncccc2C(=O)NCc2cn3ccsc3n2)cc1C. The van der Waals surface area contributed by atoms with Crippen LogP contribution in [0, 0.1) is 13.8 Å². The molecule has 0 spiro atoms. The fourth-order valence-electron chi connectivity index (χ4n) is 2.66. The molecule has 3 aromatic heterocycles. The molecule has 0 radical (unpaired) electrons. The van der Waals surface area contributed by atoms with E-state index in [-0.39, 0.29) is 5.91 Å². The van der Waals surface area contributed by atoms with Crippen LogP contribution in [0.5, 0.6) is 0 Å². The molecule has 0 saturated heterocycles. The molecular weight excluding hydrogens is 376 g/mol. The van der Waals surface area contributed by atoms with Crippen LogP contribution < -0.4 is 5.32 Å². The molecule has 4 rings (SSSR count). The standard InChI is InChI=1S/C20H18N4OS2/c1-13-5-6-16(10-14(13)2)27-19-17(4-3-7-21-19)18(25)22-11-15-12-24-8-9-26-20(24)23-15/h3-10,12H,11H2,1-2H3,(H,22,25). The minimum Gasteiger partial charge on any atom is -0.346 e. The Labute approximate surface area is 165 Å². The lowest BCUT2D eigenvalue weighted by atomic mass is 10.1. The maximum Gasteiger partial charge on any atom is 0.254 e. The smallest absolute Gasteiger partial charge is 0.254 e. The quantitative estimate of drug-likeness (QED) is 0.542. The highest BCUT2D eigenvalue weighted by atomic mass is 32.2. The molecule has 1 amide bonds. The van der Waals surface area contributed by atoms with Crippen LogP contribution in [-0.4, -0.2) is 20.3 Å². The van der Waals surface area contributed by atoms with Crippen molar-refractivity contribution in [3.8, 4) is 0 Å². The molecule has 0 fully saturated rings. The summed E-state index contributed by atoms with van der Waals surface area (Å²) in [6.07, 6.45) is 5.60. The third-order valence-corrected chi connectivity index (χ3v) is 6.06. The van der Waals surface area contributed by atoms with Gasteiger partial charge in [-0.25, -0.2) is 9.97 Å². The number of aryl methyl sites for hydroxylation is 2. The third-order valence-electron chi connectivity index (χ3n) is 4.28. The van der Waals surface area contributed by atoms with Gasteiger partial charge in [0.2, 0.25) is 0 Å². The van der Waals surface area contributed by atoms with Crippen LogP contribution in [-0.2, 0) is 6.54 Å². The molecule has 0 aliphatic rings. The summed E-state index contributed by atoms with van der Waals surface area (Å²) in [5.74, 6) is -0.147. The van der Waals surface area contributed by atoms with E-state index in [2.05, 4.69) is 47.3 Å². The van der Waals surface area contributed by atoms with Crippen LogP contribution in [0.4, 0.5) is 0 Å². The lowest BCUT2D eigenvalue weighted by Crippen LogP contribution is -2.23.